The number of amides is 1. The number of rotatable bonds is 4. The number of carbonyl (C=O) groups excluding carboxylic acids is 1. The van der Waals surface area contributed by atoms with Gasteiger partial charge in [0.05, 0.1) is 18.3 Å². The van der Waals surface area contributed by atoms with Gasteiger partial charge in [0.25, 0.3) is 0 Å². The van der Waals surface area contributed by atoms with E-state index in [1.165, 1.54) is 0 Å². The first-order valence-corrected chi connectivity index (χ1v) is 9.29. The largest absolute Gasteiger partial charge is 0.394 e. The summed E-state index contributed by atoms with van der Waals surface area (Å²) in [6.45, 7) is 0.924. The zero-order valence-corrected chi connectivity index (χ0v) is 15.5. The van der Waals surface area contributed by atoms with Crippen molar-refractivity contribution in [2.45, 2.75) is 18.4 Å². The lowest BCUT2D eigenvalue weighted by Crippen LogP contribution is -2.55. The quantitative estimate of drug-likeness (QED) is 0.602. The molecule has 1 aliphatic heterocycles. The van der Waals surface area contributed by atoms with Gasteiger partial charge in [-0.1, -0.05) is 29.8 Å². The molecule has 3 aromatic rings. The number of fused-ring (bicyclic) bond motifs is 1. The smallest absolute Gasteiger partial charge is 0.351 e. The van der Waals surface area contributed by atoms with Crippen LogP contribution < -0.4 is 9.72 Å². The highest BCUT2D eigenvalue weighted by Crippen LogP contribution is 2.25. The minimum absolute atomic E-state index is 0.118. The second-order valence-corrected chi connectivity index (χ2v) is 7.26. The third-order valence-corrected chi connectivity index (χ3v) is 5.30. The summed E-state index contributed by atoms with van der Waals surface area (Å²) < 4.78 is 7.18. The Morgan fingerprint density at radius 1 is 1.26 bits per heavy atom. The Balaban J connectivity index is 1.75. The lowest BCUT2D eigenvalue weighted by molar-refractivity contribution is -0.514. The highest BCUT2D eigenvalue weighted by Gasteiger charge is 2.36. The van der Waals surface area contributed by atoms with Gasteiger partial charge < -0.3 is 15.2 Å². The molecular weight excluding hydrogens is 366 g/mol. The molecule has 1 amide bonds. The molecule has 1 saturated heterocycles. The van der Waals surface area contributed by atoms with Crippen molar-refractivity contribution >= 4 is 23.0 Å². The van der Waals surface area contributed by atoms with Gasteiger partial charge in [0.15, 0.2) is 11.2 Å². The summed E-state index contributed by atoms with van der Waals surface area (Å²) in [6, 6.07) is 13.2. The maximum absolute atomic E-state index is 13.1. The predicted molar refractivity (Wildman–Crippen MR) is 102 cm³/mol. The summed E-state index contributed by atoms with van der Waals surface area (Å²) in [5.41, 5.74) is 1.93. The van der Waals surface area contributed by atoms with Gasteiger partial charge in [-0.2, -0.15) is 4.40 Å². The van der Waals surface area contributed by atoms with E-state index in [0.717, 1.165) is 16.8 Å². The molecule has 0 radical (unpaired) electrons. The average Bonchev–Trinajstić information content (AvgIpc) is 3.09. The second-order valence-electron chi connectivity index (χ2n) is 6.82. The molecule has 6 nitrogen and oxygen atoms in total. The molecule has 4 rings (SSSR count). The molecule has 3 N–H and O–H groups in total. The summed E-state index contributed by atoms with van der Waals surface area (Å²) in [6.07, 6.45) is 3.00. The number of aliphatic hydroxyl groups is 1. The van der Waals surface area contributed by atoms with Crippen molar-refractivity contribution in [3.63, 3.8) is 0 Å². The molecule has 1 fully saturated rings. The van der Waals surface area contributed by atoms with Crippen molar-refractivity contribution in [1.29, 1.82) is 0 Å². The first kappa shape index (κ1) is 18.0. The lowest BCUT2D eigenvalue weighted by Gasteiger charge is -2.35. The normalized spacial score (nSPS) is 16.4. The number of H-pyrrole nitrogens is 1. The first-order valence-electron chi connectivity index (χ1n) is 8.91. The Labute approximate surface area is 161 Å². The van der Waals surface area contributed by atoms with E-state index in [2.05, 4.69) is 10.3 Å². The Kier molecular flexibility index (Phi) is 4.86. The van der Waals surface area contributed by atoms with E-state index in [1.807, 2.05) is 53.1 Å². The number of pyridine rings is 1. The summed E-state index contributed by atoms with van der Waals surface area (Å²) in [5, 5.41) is 13.5. The van der Waals surface area contributed by atoms with Gasteiger partial charge in [-0.15, -0.1) is 0 Å². The van der Waals surface area contributed by atoms with E-state index >= 15 is 0 Å². The molecule has 140 valence electrons. The monoisotopic (exact) mass is 386 g/mol. The van der Waals surface area contributed by atoms with Crippen LogP contribution in [0, 0.1) is 0 Å². The number of aliphatic hydroxyl groups excluding tert-OH is 1. The minimum Gasteiger partial charge on any atom is -0.394 e. The number of hydrogen-bond donors (Lipinski definition) is 3. The molecule has 1 aromatic carbocycles. The molecule has 0 unspecified atom stereocenters. The van der Waals surface area contributed by atoms with Crippen LogP contribution in [0.3, 0.4) is 0 Å². The molecule has 0 spiro atoms. The fourth-order valence-electron chi connectivity index (χ4n) is 3.50. The van der Waals surface area contributed by atoms with E-state index in [9.17, 15) is 9.90 Å². The predicted octanol–water partition coefficient (Wildman–Crippen LogP) is 2.35. The van der Waals surface area contributed by atoms with Crippen molar-refractivity contribution < 1.29 is 19.0 Å². The maximum atomic E-state index is 13.1. The molecule has 0 aliphatic carbocycles. The molecule has 0 bridgehead atoms. The number of hydrogen-bond acceptors (Lipinski definition) is 3. The summed E-state index contributed by atoms with van der Waals surface area (Å²) in [7, 11) is 0. The van der Waals surface area contributed by atoms with Crippen LogP contribution in [0.4, 0.5) is 0 Å². The van der Waals surface area contributed by atoms with Crippen LogP contribution in [-0.2, 0) is 4.74 Å². The fraction of sp³-hybridized carbons (Fsp3) is 0.300. The Morgan fingerprint density at radius 3 is 2.81 bits per heavy atom. The van der Waals surface area contributed by atoms with Gasteiger partial charge in [0.2, 0.25) is 0 Å². The molecule has 0 atom stereocenters. The van der Waals surface area contributed by atoms with E-state index in [-0.39, 0.29) is 12.5 Å². The van der Waals surface area contributed by atoms with E-state index < -0.39 is 5.54 Å². The van der Waals surface area contributed by atoms with Crippen LogP contribution >= 0.6 is 11.6 Å². The van der Waals surface area contributed by atoms with Crippen molar-refractivity contribution in [2.24, 2.45) is 0 Å². The molecule has 7 heteroatoms. The highest BCUT2D eigenvalue weighted by molar-refractivity contribution is 6.30. The number of aromatic nitrogens is 2. The van der Waals surface area contributed by atoms with Crippen LogP contribution in [0.1, 0.15) is 23.5 Å². The maximum Gasteiger partial charge on any atom is 0.351 e. The van der Waals surface area contributed by atoms with Crippen molar-refractivity contribution in [3.05, 3.63) is 59.5 Å². The average molecular weight is 387 g/mol. The molecule has 27 heavy (non-hydrogen) atoms. The number of halogens is 1. The third kappa shape index (κ3) is 3.43. The highest BCUT2D eigenvalue weighted by atomic mass is 35.5. The zero-order valence-electron chi connectivity index (χ0n) is 14.7. The number of nitrogens with zero attached hydrogens (tertiary/aromatic N) is 1. The van der Waals surface area contributed by atoms with Gasteiger partial charge in [-0.3, -0.25) is 4.79 Å². The lowest BCUT2D eigenvalue weighted by atomic mass is 9.91. The number of aromatic amines is 1. The minimum atomic E-state index is -0.654. The van der Waals surface area contributed by atoms with Gasteiger partial charge in [0.1, 0.15) is 0 Å². The van der Waals surface area contributed by atoms with Crippen LogP contribution in [0.5, 0.6) is 0 Å². The molecule has 2 aromatic heterocycles. The van der Waals surface area contributed by atoms with Gasteiger partial charge in [-0.05, 0) is 37.1 Å². The van der Waals surface area contributed by atoms with Gasteiger partial charge in [0, 0.05) is 23.8 Å². The van der Waals surface area contributed by atoms with E-state index in [0.29, 0.717) is 36.9 Å². The van der Waals surface area contributed by atoms with Crippen LogP contribution in [0.2, 0.25) is 5.02 Å². The van der Waals surface area contributed by atoms with Gasteiger partial charge >= 0.3 is 11.7 Å². The number of benzene rings is 1. The number of nitrogens with one attached hydrogen (secondary N) is 2. The Hall–Kier alpha value is -2.41. The molecular formula is C20H21ClN3O3+. The van der Waals surface area contributed by atoms with Crippen molar-refractivity contribution in [1.82, 2.24) is 10.3 Å². The van der Waals surface area contributed by atoms with Crippen molar-refractivity contribution in [3.8, 4) is 11.3 Å². The van der Waals surface area contributed by atoms with Crippen LogP contribution in [0.25, 0.3) is 16.8 Å². The number of imidazole rings is 1. The Morgan fingerprint density at radius 2 is 2.07 bits per heavy atom. The van der Waals surface area contributed by atoms with E-state index in [4.69, 9.17) is 16.3 Å². The van der Waals surface area contributed by atoms with Gasteiger partial charge in [-0.25, -0.2) is 4.98 Å². The summed E-state index contributed by atoms with van der Waals surface area (Å²) in [5.74, 6) is 0.139. The molecule has 3 heterocycles. The van der Waals surface area contributed by atoms with Crippen LogP contribution in [0.15, 0.2) is 48.7 Å². The topological polar surface area (TPSA) is 78.4 Å². The molecule has 0 saturated carbocycles. The second kappa shape index (κ2) is 7.31. The van der Waals surface area contributed by atoms with Crippen LogP contribution in [-0.4, -0.2) is 41.4 Å². The summed E-state index contributed by atoms with van der Waals surface area (Å²) >= 11 is 6.14. The fourth-order valence-corrected chi connectivity index (χ4v) is 3.69. The third-order valence-electron chi connectivity index (χ3n) is 5.06. The zero-order chi connectivity index (χ0) is 18.9. The van der Waals surface area contributed by atoms with E-state index in [1.54, 1.807) is 0 Å². The number of carbonyl (C=O) groups is 1. The van der Waals surface area contributed by atoms with Crippen molar-refractivity contribution in [2.75, 3.05) is 19.8 Å². The first-order chi connectivity index (χ1) is 13.1. The Bertz CT molecular complexity index is 980. The summed E-state index contributed by atoms with van der Waals surface area (Å²) in [4.78, 5) is 16.3. The standard InChI is InChI=1S/C20H20ClN3O3/c21-15-5-3-4-14(12-15)17-16-6-1-2-9-24(16)18(22-17)19(26)23-20(13-25)7-10-27-11-8-20/h1-6,9,12,25H,7-8,10-11,13H2,(H,23,26)/p+1. The molecule has 1 aliphatic rings. The SMILES string of the molecule is O=C(NC1(CO)CCOCC1)c1[nH]c(-c2cccc(Cl)c2)c2cccc[n+]12. The number of ether oxygens (including phenoxy) is 1.